The lowest BCUT2D eigenvalue weighted by molar-refractivity contribution is -0.292. The molecule has 5 unspecified atom stereocenters. The Bertz CT molecular complexity index is 1770. The molecule has 0 spiro atoms. The van der Waals surface area contributed by atoms with Gasteiger partial charge in [0.1, 0.15) is 36.4 Å². The van der Waals surface area contributed by atoms with Crippen molar-refractivity contribution in [3.05, 3.63) is 168 Å². The first-order chi connectivity index (χ1) is 24.5. The molecule has 0 saturated carbocycles. The van der Waals surface area contributed by atoms with Crippen molar-refractivity contribution in [2.45, 2.75) is 56.9 Å². The number of ether oxygens (including phenoxy) is 6. The van der Waals surface area contributed by atoms with Gasteiger partial charge in [0, 0.05) is 0 Å². The summed E-state index contributed by atoms with van der Waals surface area (Å²) in [6.07, 6.45) is -5.40. The number of carbonyl (C=O) groups excluding carboxylic acids is 2. The molecule has 0 bridgehead atoms. The lowest BCUT2D eigenvalue weighted by Gasteiger charge is -2.45. The van der Waals surface area contributed by atoms with E-state index < -0.39 is 42.6 Å². The number of benzene rings is 5. The van der Waals surface area contributed by atoms with Gasteiger partial charge in [-0.2, -0.15) is 0 Å². The van der Waals surface area contributed by atoms with E-state index in [1.807, 2.05) is 91.0 Å². The highest BCUT2D eigenvalue weighted by Crippen LogP contribution is 2.34. The molecule has 0 aliphatic carbocycles. The van der Waals surface area contributed by atoms with E-state index in [9.17, 15) is 14.7 Å². The minimum atomic E-state index is -1.24. The summed E-state index contributed by atoms with van der Waals surface area (Å²) in [6, 6.07) is 43.2. The van der Waals surface area contributed by atoms with Gasteiger partial charge in [-0.05, 0) is 53.1 Å². The fourth-order valence-corrected chi connectivity index (χ4v) is 5.57. The van der Waals surface area contributed by atoms with E-state index in [4.69, 9.17) is 28.4 Å². The fourth-order valence-electron chi connectivity index (χ4n) is 5.57. The maximum absolute atomic E-state index is 13.6. The number of phenolic OH excluding ortho intramolecular Hbond substituents is 1. The molecule has 5 atom stereocenters. The minimum Gasteiger partial charge on any atom is -0.508 e. The largest absolute Gasteiger partial charge is 0.508 e. The van der Waals surface area contributed by atoms with Crippen molar-refractivity contribution in [1.82, 2.24) is 0 Å². The van der Waals surface area contributed by atoms with E-state index in [0.29, 0.717) is 11.3 Å². The smallest absolute Gasteiger partial charge is 0.338 e. The van der Waals surface area contributed by atoms with Gasteiger partial charge >= 0.3 is 11.9 Å². The van der Waals surface area contributed by atoms with Gasteiger partial charge in [0.15, 0.2) is 6.10 Å². The molecule has 1 aliphatic rings. The van der Waals surface area contributed by atoms with Gasteiger partial charge in [-0.15, -0.1) is 0 Å². The van der Waals surface area contributed by atoms with Crippen LogP contribution >= 0.6 is 0 Å². The number of carbonyl (C=O) groups is 2. The lowest BCUT2D eigenvalue weighted by Crippen LogP contribution is -2.62. The summed E-state index contributed by atoms with van der Waals surface area (Å²) >= 11 is 0. The van der Waals surface area contributed by atoms with Gasteiger partial charge in [0.25, 0.3) is 0 Å². The first-order valence-corrected chi connectivity index (χ1v) is 16.4. The van der Waals surface area contributed by atoms with Gasteiger partial charge in [-0.25, -0.2) is 4.79 Å². The number of hydrogen-bond donors (Lipinski definition) is 1. The van der Waals surface area contributed by atoms with E-state index in [2.05, 4.69) is 0 Å². The Hall–Kier alpha value is -5.48. The Balaban J connectivity index is 1.34. The van der Waals surface area contributed by atoms with E-state index in [-0.39, 0.29) is 32.0 Å². The summed E-state index contributed by atoms with van der Waals surface area (Å²) in [4.78, 5) is 27.0. The number of aromatic hydroxyl groups is 1. The van der Waals surface area contributed by atoms with Gasteiger partial charge in [0.05, 0.1) is 25.2 Å². The Kier molecular flexibility index (Phi) is 11.9. The number of phenols is 1. The van der Waals surface area contributed by atoms with E-state index in [0.717, 1.165) is 16.7 Å². The normalized spacial score (nSPS) is 20.0. The van der Waals surface area contributed by atoms with Gasteiger partial charge < -0.3 is 33.5 Å². The van der Waals surface area contributed by atoms with Crippen molar-refractivity contribution >= 4 is 11.9 Å². The van der Waals surface area contributed by atoms with Gasteiger partial charge in [0.2, 0.25) is 6.29 Å². The predicted octanol–water partition coefficient (Wildman–Crippen LogP) is 7.03. The first kappa shape index (κ1) is 34.4. The van der Waals surface area contributed by atoms with Crippen molar-refractivity contribution in [3.63, 3.8) is 0 Å². The van der Waals surface area contributed by atoms with Crippen LogP contribution in [0.3, 0.4) is 0 Å². The van der Waals surface area contributed by atoms with E-state index >= 15 is 0 Å². The predicted molar refractivity (Wildman–Crippen MR) is 184 cm³/mol. The van der Waals surface area contributed by atoms with Crippen LogP contribution in [0.1, 0.15) is 33.5 Å². The van der Waals surface area contributed by atoms with Crippen LogP contribution in [0.2, 0.25) is 0 Å². The summed E-state index contributed by atoms with van der Waals surface area (Å²) in [5.74, 6) is -0.748. The third-order valence-electron chi connectivity index (χ3n) is 8.11. The summed E-state index contributed by atoms with van der Waals surface area (Å²) in [7, 11) is 0. The molecule has 5 aromatic carbocycles. The average molecular weight is 675 g/mol. The average Bonchev–Trinajstić information content (AvgIpc) is 3.16. The highest BCUT2D eigenvalue weighted by atomic mass is 16.7. The molecule has 9 heteroatoms. The maximum atomic E-state index is 13.6. The highest BCUT2D eigenvalue weighted by Gasteiger charge is 2.51. The molecule has 50 heavy (non-hydrogen) atoms. The minimum absolute atomic E-state index is 0.0476. The van der Waals surface area contributed by atoms with Crippen LogP contribution < -0.4 is 4.74 Å². The summed E-state index contributed by atoms with van der Waals surface area (Å²) < 4.78 is 37.8. The van der Waals surface area contributed by atoms with Crippen LogP contribution in [0.4, 0.5) is 0 Å². The molecule has 6 rings (SSSR count). The van der Waals surface area contributed by atoms with Crippen LogP contribution in [-0.4, -0.2) is 47.8 Å². The SMILES string of the molecule is O=C(CC1OC(Oc2ccc(O)cc2)C(OC(=O)c2ccccc2)C(OCc2ccccc2)C1OCc1ccccc1)OCc1ccccc1. The van der Waals surface area contributed by atoms with E-state index in [1.165, 1.54) is 12.1 Å². The van der Waals surface area contributed by atoms with Crippen LogP contribution in [-0.2, 0) is 48.3 Å². The van der Waals surface area contributed by atoms with Gasteiger partial charge in [-0.1, -0.05) is 109 Å². The summed E-state index contributed by atoms with van der Waals surface area (Å²) in [5, 5.41) is 9.90. The Labute approximate surface area is 290 Å². The molecule has 1 fully saturated rings. The third kappa shape index (κ3) is 9.57. The second kappa shape index (κ2) is 17.3. The van der Waals surface area contributed by atoms with E-state index in [1.54, 1.807) is 42.5 Å². The van der Waals surface area contributed by atoms with Crippen LogP contribution in [0.15, 0.2) is 146 Å². The molecular formula is C41H38O9. The Morgan fingerprint density at radius 3 is 1.64 bits per heavy atom. The van der Waals surface area contributed by atoms with Crippen molar-refractivity contribution in [1.29, 1.82) is 0 Å². The summed E-state index contributed by atoms with van der Waals surface area (Å²) in [5.41, 5.74) is 2.93. The second-order valence-corrected chi connectivity index (χ2v) is 11.8. The Morgan fingerprint density at radius 1 is 0.580 bits per heavy atom. The first-order valence-electron chi connectivity index (χ1n) is 16.4. The maximum Gasteiger partial charge on any atom is 0.338 e. The molecule has 0 aromatic heterocycles. The van der Waals surface area contributed by atoms with Crippen molar-refractivity contribution in [3.8, 4) is 11.5 Å². The molecular weight excluding hydrogens is 636 g/mol. The molecule has 5 aromatic rings. The van der Waals surface area contributed by atoms with Crippen molar-refractivity contribution < 1.29 is 43.1 Å². The molecule has 1 saturated heterocycles. The van der Waals surface area contributed by atoms with Crippen LogP contribution in [0, 0.1) is 0 Å². The summed E-state index contributed by atoms with van der Waals surface area (Å²) in [6.45, 7) is 0.395. The molecule has 1 N–H and O–H groups in total. The molecule has 9 nitrogen and oxygen atoms in total. The zero-order valence-electron chi connectivity index (χ0n) is 27.3. The van der Waals surface area contributed by atoms with Crippen LogP contribution in [0.25, 0.3) is 0 Å². The lowest BCUT2D eigenvalue weighted by atomic mass is 9.95. The monoisotopic (exact) mass is 674 g/mol. The van der Waals surface area contributed by atoms with Crippen LogP contribution in [0.5, 0.6) is 11.5 Å². The molecule has 1 heterocycles. The van der Waals surface area contributed by atoms with Gasteiger partial charge in [-0.3, -0.25) is 4.79 Å². The molecule has 0 amide bonds. The van der Waals surface area contributed by atoms with Crippen molar-refractivity contribution in [2.24, 2.45) is 0 Å². The number of rotatable bonds is 14. The second-order valence-electron chi connectivity index (χ2n) is 11.8. The van der Waals surface area contributed by atoms with Crippen molar-refractivity contribution in [2.75, 3.05) is 0 Å². The molecule has 1 aliphatic heterocycles. The highest BCUT2D eigenvalue weighted by molar-refractivity contribution is 5.89. The number of esters is 2. The topological polar surface area (TPSA) is 110 Å². The zero-order chi connectivity index (χ0) is 34.5. The fraction of sp³-hybridized carbons (Fsp3) is 0.220. The standard InChI is InChI=1S/C41H38O9/c42-33-21-23-34(24-22-33)48-41-39(50-40(44)32-19-11-4-12-20-32)38(47-28-31-17-9-3-10-18-31)37(46-27-30-15-7-2-8-16-30)35(49-41)25-36(43)45-26-29-13-5-1-6-14-29/h1-24,35,37-39,41-42H,25-28H2. The Morgan fingerprint density at radius 2 is 1.08 bits per heavy atom. The zero-order valence-corrected chi connectivity index (χ0v) is 27.3. The number of hydrogen-bond acceptors (Lipinski definition) is 9. The molecule has 256 valence electrons. The third-order valence-corrected chi connectivity index (χ3v) is 8.11. The quantitative estimate of drug-likeness (QED) is 0.124. The molecule has 0 radical (unpaired) electrons.